The first kappa shape index (κ1) is 87.4. The summed E-state index contributed by atoms with van der Waals surface area (Å²) in [5.41, 5.74) is 25.8. The molecule has 138 heavy (non-hydrogen) atoms. The van der Waals surface area contributed by atoms with Crippen molar-refractivity contribution in [1.82, 2.24) is 170 Å². The molecule has 0 unspecified atom stereocenters. The summed E-state index contributed by atoms with van der Waals surface area (Å²) < 4.78 is 27.3. The molecule has 5 fully saturated rings. The van der Waals surface area contributed by atoms with Gasteiger partial charge in [0.1, 0.15) is 45.7 Å². The van der Waals surface area contributed by atoms with Gasteiger partial charge in [0.25, 0.3) is 5.92 Å². The van der Waals surface area contributed by atoms with Gasteiger partial charge < -0.3 is 60.0 Å². The van der Waals surface area contributed by atoms with Crippen molar-refractivity contribution < 1.29 is 13.6 Å². The second-order valence-corrected chi connectivity index (χ2v) is 35.8. The predicted octanol–water partition coefficient (Wildman–Crippen LogP) is 13.0. The van der Waals surface area contributed by atoms with Crippen LogP contribution in [0.4, 0.5) is 31.5 Å². The summed E-state index contributed by atoms with van der Waals surface area (Å²) in [6, 6.07) is 16.1. The third kappa shape index (κ3) is 18.5. The Morgan fingerprint density at radius 3 is 1.25 bits per heavy atom. The number of carbonyl (C=O) groups is 1. The monoisotopic (exact) mass is 1850 g/mol. The number of piperazine rings is 3. The summed E-state index contributed by atoms with van der Waals surface area (Å²) in [5, 5.41) is 39.8. The van der Waals surface area contributed by atoms with Gasteiger partial charge in [-0.3, -0.25) is 65.0 Å². The van der Waals surface area contributed by atoms with Gasteiger partial charge in [-0.25, -0.2) is 58.6 Å². The molecular weight excluding hydrogens is 1750 g/mol. The standard InChI is InChI=1S/C29H34N10.C27H28F2N10.C21H20N10.C20H16N8O/c1-38-6-8-39(9-7-38)25-18-32-17-24-27(25)35-29(34-24)26-23-11-22(16-33-28(23)37-36-26)21-10-20(14-31-15-21)13-30-12-19-4-2-3-5-19;1-37-4-6-39(7-5-37)22-14-31-13-21-24(22)34-26(33-21)23-20-9-19(12-32-25(20)36-35-23)18-8-17(10-30-11-18)15-38-3-2-27(28,29)16-38;1-30-2-4-31(5-3-30)17-11-22-10-16-19(17)27-21(26-16)18-15-6-13(9-25-20(15)29-28-18)14-7-23-12-24-8-14;1-2-17(29)24-13-5-11(7-22-9-13)12-6-14-18(27-28-19(14)23-8-12)20-25-15-3-4-21-10-16(15)26-20/h10-11,14-19,30H,2-9,12-13H2,1H3,(H,34,35)(H,33,36,37);8-14H,2-7,15-16H2,1H3,(H,33,34)(H,32,35,36);6-12H,2-5H2,1H3,(H,26,27)(H,25,28,29);3-10H,2H2,1H3,(H,24,29)(H,25,26)(H,23,27,28). The van der Waals surface area contributed by atoms with Crippen LogP contribution in [0.25, 0.3) is 179 Å². The number of aromatic nitrogens is 29. The second-order valence-electron chi connectivity index (χ2n) is 35.8. The van der Waals surface area contributed by atoms with E-state index in [4.69, 9.17) is 15.0 Å². The molecule has 1 amide bonds. The van der Waals surface area contributed by atoms with Crippen molar-refractivity contribution in [2.24, 2.45) is 5.92 Å². The molecule has 20 aromatic rings. The summed E-state index contributed by atoms with van der Waals surface area (Å²) in [5.74, 6) is 0.915. The van der Waals surface area contributed by atoms with Crippen molar-refractivity contribution in [3.8, 4) is 90.6 Å². The molecule has 0 bridgehead atoms. The molecule has 0 spiro atoms. The number of likely N-dealkylation sites (N-methyl/N-ethyl adjacent to an activating group) is 3. The van der Waals surface area contributed by atoms with Gasteiger partial charge in [0.2, 0.25) is 5.91 Å². The van der Waals surface area contributed by atoms with Crippen LogP contribution in [0.5, 0.6) is 0 Å². The quantitative estimate of drug-likeness (QED) is 0.0359. The van der Waals surface area contributed by atoms with E-state index >= 15 is 0 Å². The zero-order chi connectivity index (χ0) is 93.3. The van der Waals surface area contributed by atoms with E-state index in [0.717, 1.165) is 259 Å². The number of aromatic amines is 8. The molecule has 0 aromatic carbocycles. The van der Waals surface area contributed by atoms with Crippen molar-refractivity contribution in [1.29, 1.82) is 0 Å². The molecule has 4 saturated heterocycles. The fraction of sp³-hybridized carbons (Fsp3) is 0.299. The van der Waals surface area contributed by atoms with Crippen LogP contribution in [0.3, 0.4) is 0 Å². The Bertz CT molecular complexity index is 7750. The minimum Gasteiger partial charge on any atom is -0.366 e. The van der Waals surface area contributed by atoms with Crippen molar-refractivity contribution >= 4 is 117 Å². The van der Waals surface area contributed by atoms with E-state index in [1.165, 1.54) is 37.6 Å². The topological polar surface area (TPSA) is 461 Å². The Morgan fingerprint density at radius 2 is 0.804 bits per heavy atom. The minimum absolute atomic E-state index is 0.0611. The maximum Gasteiger partial charge on any atom is 0.261 e. The number of H-pyrrole nitrogens is 8. The van der Waals surface area contributed by atoms with E-state index in [-0.39, 0.29) is 18.9 Å². The molecule has 696 valence electrons. The van der Waals surface area contributed by atoms with Gasteiger partial charge in [0.15, 0.2) is 45.9 Å². The molecule has 0 radical (unpaired) electrons. The lowest BCUT2D eigenvalue weighted by Crippen LogP contribution is -2.44. The molecule has 0 atom stereocenters. The number of hydrogen-bond donors (Lipinski definition) is 10. The Kier molecular flexibility index (Phi) is 24.1. The van der Waals surface area contributed by atoms with Crippen LogP contribution < -0.4 is 25.3 Å². The van der Waals surface area contributed by atoms with Gasteiger partial charge >= 0.3 is 0 Å². The third-order valence-corrected chi connectivity index (χ3v) is 26.2. The third-order valence-electron chi connectivity index (χ3n) is 26.2. The molecule has 25 rings (SSSR count). The first-order valence-electron chi connectivity index (χ1n) is 46.3. The summed E-state index contributed by atoms with van der Waals surface area (Å²) in [7, 11) is 6.44. The number of nitrogens with zero attached hydrogens (tertiary/aromatic N) is 28. The van der Waals surface area contributed by atoms with Gasteiger partial charge in [0.05, 0.1) is 128 Å². The number of rotatable bonds is 19. The molecule has 39 nitrogen and oxygen atoms in total. The van der Waals surface area contributed by atoms with Crippen LogP contribution in [0.15, 0.2) is 179 Å². The Hall–Kier alpha value is -16.0. The summed E-state index contributed by atoms with van der Waals surface area (Å²) in [6.07, 6.45) is 43.2. The lowest BCUT2D eigenvalue weighted by atomic mass is 10.1. The fourth-order valence-corrected chi connectivity index (χ4v) is 18.5. The number of imidazole rings is 4. The zero-order valence-electron chi connectivity index (χ0n) is 76.3. The van der Waals surface area contributed by atoms with Crippen molar-refractivity contribution in [2.45, 2.75) is 64.5 Å². The van der Waals surface area contributed by atoms with Crippen molar-refractivity contribution in [3.05, 3.63) is 190 Å². The summed E-state index contributed by atoms with van der Waals surface area (Å²) >= 11 is 0. The van der Waals surface area contributed by atoms with Crippen LogP contribution in [-0.4, -0.2) is 296 Å². The number of anilines is 4. The van der Waals surface area contributed by atoms with Crippen LogP contribution >= 0.6 is 0 Å². The maximum absolute atomic E-state index is 13.6. The summed E-state index contributed by atoms with van der Waals surface area (Å²) in [4.78, 5) is 117. The molecule has 20 aromatic heterocycles. The second kappa shape index (κ2) is 38.1. The van der Waals surface area contributed by atoms with Gasteiger partial charge in [0, 0.05) is 230 Å². The highest BCUT2D eigenvalue weighted by Gasteiger charge is 2.38. The lowest BCUT2D eigenvalue weighted by molar-refractivity contribution is -0.115. The number of amides is 1. The van der Waals surface area contributed by atoms with Gasteiger partial charge in [-0.2, -0.15) is 20.4 Å². The normalized spacial score (nSPS) is 15.8. The maximum atomic E-state index is 13.6. The van der Waals surface area contributed by atoms with E-state index in [1.807, 2.05) is 86.0 Å². The van der Waals surface area contributed by atoms with Crippen LogP contribution in [0, 0.1) is 5.92 Å². The lowest BCUT2D eigenvalue weighted by Gasteiger charge is -2.33. The highest BCUT2D eigenvalue weighted by atomic mass is 19.3. The minimum atomic E-state index is -2.62. The van der Waals surface area contributed by atoms with Crippen LogP contribution in [-0.2, 0) is 17.9 Å². The molecule has 5 aliphatic rings. The Labute approximate surface area is 787 Å². The van der Waals surface area contributed by atoms with Crippen molar-refractivity contribution in [2.75, 3.05) is 139 Å². The number of pyridine rings is 11. The molecule has 24 heterocycles. The molecule has 1 saturated carbocycles. The Morgan fingerprint density at radius 1 is 0.413 bits per heavy atom. The number of alkyl halides is 2. The zero-order valence-corrected chi connectivity index (χ0v) is 76.3. The molecule has 10 N–H and O–H groups in total. The van der Waals surface area contributed by atoms with Gasteiger partial charge in [-0.15, -0.1) is 0 Å². The molecule has 4 aliphatic heterocycles. The summed E-state index contributed by atoms with van der Waals surface area (Å²) in [6.45, 7) is 16.1. The van der Waals surface area contributed by atoms with E-state index < -0.39 is 5.92 Å². The SMILES string of the molecule is CCC(=O)Nc1cncc(-c2cnc3n[nH]c(-c4nc5ccncc5[nH]4)c3c2)c1.CN1CCN(c2cncc3[nH]c(-c4[nH]nc5ncc(-c6cncc(CN7CCC(F)(F)C7)c6)cc45)nc23)CC1.CN1CCN(c2cncc3[nH]c(-c4[nH]nc5ncc(-c6cncc(CNCC7CCCC7)c6)cc45)nc23)CC1.CN1CCN(c2cncc3[nH]c(-c4[nH]nc5ncc(-c6cncnc6)cc45)nc23)CC1. The van der Waals surface area contributed by atoms with Gasteiger partial charge in [-0.1, -0.05) is 19.8 Å². The number of halogens is 2. The average molecular weight is 1850 g/mol. The van der Waals surface area contributed by atoms with Gasteiger partial charge in [-0.05, 0) is 106 Å². The first-order chi connectivity index (χ1) is 67.6. The van der Waals surface area contributed by atoms with Crippen LogP contribution in [0.2, 0.25) is 0 Å². The predicted molar refractivity (Wildman–Crippen MR) is 524 cm³/mol. The number of hydrogen-bond acceptors (Lipinski definition) is 30. The number of carbonyl (C=O) groups excluding carboxylic acids is 1. The largest absolute Gasteiger partial charge is 0.366 e. The first-order valence-corrected chi connectivity index (χ1v) is 46.3. The molecular formula is C97H98F2N38O. The van der Waals surface area contributed by atoms with Crippen LogP contribution in [0.1, 0.15) is 56.6 Å². The number of nitrogens with one attached hydrogen (secondary N) is 10. The molecule has 1 aliphatic carbocycles. The Balaban J connectivity index is 0.000000107. The highest BCUT2D eigenvalue weighted by Crippen LogP contribution is 2.39. The highest BCUT2D eigenvalue weighted by molar-refractivity contribution is 6.00. The van der Waals surface area contributed by atoms with E-state index in [9.17, 15) is 13.6 Å². The average Bonchev–Trinajstić information content (AvgIpc) is 1.65. The van der Waals surface area contributed by atoms with E-state index in [1.54, 1.807) is 86.2 Å². The van der Waals surface area contributed by atoms with Crippen molar-refractivity contribution in [3.63, 3.8) is 0 Å². The number of likely N-dealkylation sites (tertiary alicyclic amines) is 1. The smallest absolute Gasteiger partial charge is 0.261 e. The fourth-order valence-electron chi connectivity index (χ4n) is 18.5. The van der Waals surface area contributed by atoms with E-state index in [0.29, 0.717) is 65.3 Å². The number of fused-ring (bicyclic) bond motifs is 8. The molecule has 41 heteroatoms. The van der Waals surface area contributed by atoms with E-state index in [2.05, 4.69) is 204 Å².